The molecule has 0 fully saturated rings. The molecule has 19 heteroatoms. The third-order valence-corrected chi connectivity index (χ3v) is 14.1. The van der Waals surface area contributed by atoms with E-state index in [0.29, 0.717) is 95.5 Å². The lowest BCUT2D eigenvalue weighted by Crippen LogP contribution is -2.29. The summed E-state index contributed by atoms with van der Waals surface area (Å²) < 4.78 is 72.0. The Morgan fingerprint density at radius 3 is 1.72 bits per heavy atom. The van der Waals surface area contributed by atoms with Gasteiger partial charge in [0, 0.05) is 88.3 Å². The lowest BCUT2D eigenvalue weighted by atomic mass is 9.80. The van der Waals surface area contributed by atoms with Crippen molar-refractivity contribution < 1.29 is 66.7 Å². The van der Waals surface area contributed by atoms with Crippen LogP contribution in [0.4, 0.5) is 8.78 Å². The molecule has 0 saturated carbocycles. The fourth-order valence-electron chi connectivity index (χ4n) is 10.2. The Balaban J connectivity index is 0.000000143. The Bertz CT molecular complexity index is 3460. The Labute approximate surface area is 430 Å². The van der Waals surface area contributed by atoms with Gasteiger partial charge in [0.05, 0.1) is 63.7 Å². The third kappa shape index (κ3) is 10.5. The first-order chi connectivity index (χ1) is 36.2. The van der Waals surface area contributed by atoms with Crippen molar-refractivity contribution in [1.82, 2.24) is 19.6 Å². The average molecular weight is 1020 g/mol. The number of benzene rings is 6. The molecule has 0 saturated heterocycles. The number of aromatic hydroxyl groups is 1. The number of phenols is 1. The van der Waals surface area contributed by atoms with E-state index >= 15 is 0 Å². The number of carbonyl (C=O) groups is 2. The van der Waals surface area contributed by atoms with Gasteiger partial charge in [-0.25, -0.2) is 8.78 Å². The number of aromatic nitrogens is 4. The van der Waals surface area contributed by atoms with Gasteiger partial charge < -0.3 is 48.3 Å². The van der Waals surface area contributed by atoms with Crippen molar-refractivity contribution in [2.45, 2.75) is 62.6 Å². The molecule has 4 heterocycles. The molecule has 4 aliphatic rings. The van der Waals surface area contributed by atoms with E-state index in [-0.39, 0.29) is 54.0 Å². The number of methoxy groups -OCH3 is 2. The van der Waals surface area contributed by atoms with Crippen LogP contribution >= 0.6 is 0 Å². The molecule has 2 aromatic heterocycles. The number of carbonyl (C=O) groups excluding carboxylic acids is 2. The monoisotopic (exact) mass is 1020 g/mol. The quantitative estimate of drug-likeness (QED) is 0.0824. The molecule has 0 bridgehead atoms. The second kappa shape index (κ2) is 21.4. The molecule has 386 valence electrons. The van der Waals surface area contributed by atoms with Gasteiger partial charge in [-0.1, -0.05) is 24.3 Å². The molecule has 3 N–H and O–H groups in total. The van der Waals surface area contributed by atoms with Gasteiger partial charge in [-0.2, -0.15) is 10.2 Å². The minimum absolute atomic E-state index is 0.0342. The summed E-state index contributed by atoms with van der Waals surface area (Å²) in [6.45, 7) is 0.836. The van der Waals surface area contributed by atoms with E-state index in [1.165, 1.54) is 32.4 Å². The van der Waals surface area contributed by atoms with Crippen LogP contribution in [0.2, 0.25) is 0 Å². The molecule has 0 spiro atoms. The summed E-state index contributed by atoms with van der Waals surface area (Å²) in [7, 11) is 5.03. The van der Waals surface area contributed by atoms with E-state index < -0.39 is 19.3 Å². The van der Waals surface area contributed by atoms with Gasteiger partial charge in [0.25, 0.3) is 0 Å². The third-order valence-electron chi connectivity index (χ3n) is 14.1. The van der Waals surface area contributed by atoms with Crippen LogP contribution in [0.15, 0.2) is 109 Å². The van der Waals surface area contributed by atoms with Gasteiger partial charge >= 0.3 is 19.1 Å². The van der Waals surface area contributed by atoms with Crippen molar-refractivity contribution in [2.75, 3.05) is 27.4 Å². The van der Waals surface area contributed by atoms with Crippen LogP contribution in [-0.2, 0) is 46.0 Å². The fourth-order valence-corrected chi connectivity index (χ4v) is 10.2. The Kier molecular flexibility index (Phi) is 14.3. The minimum atomic E-state index is -1.42. The number of esters is 2. The summed E-state index contributed by atoms with van der Waals surface area (Å²) in [5.41, 5.74) is 6.62. The van der Waals surface area contributed by atoms with Gasteiger partial charge in [0.2, 0.25) is 0 Å². The molecule has 2 aliphatic carbocycles. The van der Waals surface area contributed by atoms with Crippen LogP contribution in [0.25, 0.3) is 21.8 Å². The van der Waals surface area contributed by atoms with E-state index in [1.807, 2.05) is 62.6 Å². The molecule has 4 atom stereocenters. The van der Waals surface area contributed by atoms with Crippen LogP contribution in [-0.4, -0.2) is 81.2 Å². The van der Waals surface area contributed by atoms with Crippen molar-refractivity contribution in [1.29, 1.82) is 0 Å². The summed E-state index contributed by atoms with van der Waals surface area (Å²) in [4.78, 5) is 23.2. The number of nitrogens with zero attached hydrogens (tertiary/aromatic N) is 4. The average Bonchev–Trinajstić information content (AvgIpc) is 4.30. The molecule has 6 aromatic carbocycles. The number of hydrogen-bond donors (Lipinski definition) is 3. The second-order valence-corrected chi connectivity index (χ2v) is 18.7. The number of phenolic OH excluding ortho intramolecular Hbond substituents is 1. The zero-order chi connectivity index (χ0) is 52.5. The summed E-state index contributed by atoms with van der Waals surface area (Å²) >= 11 is 0. The molecule has 0 radical (unpaired) electrons. The predicted octanol–water partition coefficient (Wildman–Crippen LogP) is 8.50. The number of fused-ring (bicyclic) bond motifs is 6. The maximum absolute atomic E-state index is 15.0. The molecule has 2 unspecified atom stereocenters. The summed E-state index contributed by atoms with van der Waals surface area (Å²) in [5.74, 6) is 2.63. The van der Waals surface area contributed by atoms with Crippen LogP contribution < -0.4 is 29.1 Å². The number of ether oxygens (including phenoxy) is 7. The fraction of sp³-hybridized carbons (Fsp3) is 0.286. The maximum atomic E-state index is 15.0. The van der Waals surface area contributed by atoms with Crippen molar-refractivity contribution in [3.63, 3.8) is 0 Å². The van der Waals surface area contributed by atoms with E-state index in [2.05, 4.69) is 10.2 Å². The number of halogens is 2. The standard InChI is InChI=1S/C28H25FN2O5.C20H19FO5.C8H9BN2O2/c1-31-23-12-18(4-3-16(23)14-30-31)35-24-10-8-22(29)28-21(24)7-9-25(28)36-19-5-6-20-17(11-27(32)33-2)15-34-26(20)13-19;1-24-19(23)8-11-10-25-18-9-12(2-3-13(11)18)26-17-7-4-14-16(22)6-5-15(21)20(14)17;1-11-8-4-7(9(12)13)3-2-6(8)5-10-11/h3-6,8,10,12-14,17,25H,7,9,11,15H2,1-2H3;2-3,5-6,9,11,17,22H,4,7-8,10H2,1H3;2-5,12-13H,1H3/t17?,25-;11?,17-;/m11./s1. The number of rotatable bonds is 11. The molecule has 8 aromatic rings. The van der Waals surface area contributed by atoms with Gasteiger partial charge in [0.1, 0.15) is 64.1 Å². The maximum Gasteiger partial charge on any atom is 0.488 e. The molecular formula is C56H53BF2N4O12. The van der Waals surface area contributed by atoms with Crippen LogP contribution in [0, 0.1) is 11.6 Å². The summed E-state index contributed by atoms with van der Waals surface area (Å²) in [6.07, 6.45) is 5.66. The van der Waals surface area contributed by atoms with Gasteiger partial charge in [-0.15, -0.1) is 0 Å². The number of hydrogen-bond acceptors (Lipinski definition) is 14. The smallest absolute Gasteiger partial charge is 0.488 e. The summed E-state index contributed by atoms with van der Waals surface area (Å²) in [5, 5.41) is 38.1. The van der Waals surface area contributed by atoms with Crippen LogP contribution in [0.3, 0.4) is 0 Å². The highest BCUT2D eigenvalue weighted by molar-refractivity contribution is 6.58. The zero-order valence-corrected chi connectivity index (χ0v) is 41.5. The van der Waals surface area contributed by atoms with Gasteiger partial charge in [-0.3, -0.25) is 19.0 Å². The predicted molar refractivity (Wildman–Crippen MR) is 272 cm³/mol. The first kappa shape index (κ1) is 50.4. The normalized spacial score (nSPS) is 17.5. The van der Waals surface area contributed by atoms with E-state index in [4.69, 9.17) is 43.2 Å². The Morgan fingerprint density at radius 1 is 0.653 bits per heavy atom. The molecule has 0 amide bonds. The Hall–Kier alpha value is -8.16. The highest BCUT2D eigenvalue weighted by Crippen LogP contribution is 2.46. The lowest BCUT2D eigenvalue weighted by molar-refractivity contribution is -0.142. The zero-order valence-electron chi connectivity index (χ0n) is 41.5. The van der Waals surface area contributed by atoms with Gasteiger partial charge in [-0.05, 0) is 85.7 Å². The highest BCUT2D eigenvalue weighted by Gasteiger charge is 2.34. The van der Waals surface area contributed by atoms with E-state index in [9.17, 15) is 23.5 Å². The molecular weight excluding hydrogens is 969 g/mol. The SMILES string of the molecule is COC(=O)CC1COc2cc(O[C@@H]3CCc4c(O)ccc(F)c43)ccc21.COC(=O)CC1COc2cc(O[C@@H]3CCc4c(Oc5ccc6cnn(C)c6c5)ccc(F)c43)ccc21.Cn1ncc2ccc(B(O)O)cc21. The van der Waals surface area contributed by atoms with Crippen LogP contribution in [0.1, 0.15) is 83.1 Å². The van der Waals surface area contributed by atoms with Crippen molar-refractivity contribution in [3.8, 4) is 40.2 Å². The molecule has 2 aliphatic heterocycles. The first-order valence-electron chi connectivity index (χ1n) is 24.4. The van der Waals surface area contributed by atoms with Gasteiger partial charge in [0.15, 0.2) is 0 Å². The molecule has 75 heavy (non-hydrogen) atoms. The number of aryl methyl sites for hydroxylation is 2. The molecule has 12 rings (SSSR count). The van der Waals surface area contributed by atoms with E-state index in [1.54, 1.807) is 52.1 Å². The molecule has 16 nitrogen and oxygen atoms in total. The lowest BCUT2D eigenvalue weighted by Gasteiger charge is -2.17. The van der Waals surface area contributed by atoms with Crippen molar-refractivity contribution >= 4 is 46.3 Å². The summed E-state index contributed by atoms with van der Waals surface area (Å²) in [6, 6.07) is 27.7. The van der Waals surface area contributed by atoms with Crippen molar-refractivity contribution in [3.05, 3.63) is 154 Å². The van der Waals surface area contributed by atoms with Crippen molar-refractivity contribution in [2.24, 2.45) is 14.1 Å². The Morgan fingerprint density at radius 2 is 1.16 bits per heavy atom. The van der Waals surface area contributed by atoms with Crippen LogP contribution in [0.5, 0.6) is 40.2 Å². The minimum Gasteiger partial charge on any atom is -0.508 e. The topological polar surface area (TPSA) is 195 Å². The largest absolute Gasteiger partial charge is 0.508 e. The second-order valence-electron chi connectivity index (χ2n) is 18.7. The first-order valence-corrected chi connectivity index (χ1v) is 24.4. The van der Waals surface area contributed by atoms with E-state index in [0.717, 1.165) is 38.5 Å². The highest BCUT2D eigenvalue weighted by atomic mass is 19.1.